The molecule has 0 fully saturated rings. The maximum atomic E-state index is 3.99. The number of rotatable bonds is 4. The van der Waals surface area contributed by atoms with Gasteiger partial charge in [-0.2, -0.15) is 0 Å². The molecule has 0 amide bonds. The number of hydrogen-bond acceptors (Lipinski definition) is 2. The summed E-state index contributed by atoms with van der Waals surface area (Å²) in [6, 6.07) is 0. The van der Waals surface area contributed by atoms with Crippen LogP contribution in [0, 0.1) is 5.41 Å². The summed E-state index contributed by atoms with van der Waals surface area (Å²) in [5.41, 5.74) is 1.29. The topological polar surface area (TPSA) is 15.3 Å². The van der Waals surface area contributed by atoms with Crippen LogP contribution in [0.3, 0.4) is 0 Å². The lowest BCUT2D eigenvalue weighted by Crippen LogP contribution is -2.30. The molecule has 0 unspecified atom stereocenters. The molecule has 0 radical (unpaired) electrons. The fourth-order valence-corrected chi connectivity index (χ4v) is 0.696. The van der Waals surface area contributed by atoms with E-state index in [4.69, 9.17) is 0 Å². The van der Waals surface area contributed by atoms with Crippen LogP contribution < -0.4 is 5.32 Å². The van der Waals surface area contributed by atoms with E-state index in [9.17, 15) is 0 Å². The first-order chi connectivity index (χ1) is 5.34. The zero-order valence-corrected chi connectivity index (χ0v) is 9.07. The third-order valence-corrected chi connectivity index (χ3v) is 1.80. The molecule has 0 rings (SSSR count). The Morgan fingerprint density at radius 3 is 2.17 bits per heavy atom. The number of likely N-dealkylation sites (N-methyl/N-ethyl adjacent to an activating group) is 1. The Balaban J connectivity index is 3.59. The van der Waals surface area contributed by atoms with E-state index in [1.807, 2.05) is 0 Å². The number of nitrogens with zero attached hydrogens (tertiary/aromatic N) is 1. The van der Waals surface area contributed by atoms with Crippen LogP contribution in [0.4, 0.5) is 0 Å². The first-order valence-electron chi connectivity index (χ1n) is 4.42. The lowest BCUT2D eigenvalue weighted by atomic mass is 9.93. The zero-order valence-electron chi connectivity index (χ0n) is 9.07. The van der Waals surface area contributed by atoms with Crippen molar-refractivity contribution >= 4 is 0 Å². The van der Waals surface area contributed by atoms with E-state index in [1.165, 1.54) is 0 Å². The largest absolute Gasteiger partial charge is 0.387 e. The maximum absolute atomic E-state index is 3.99. The molecule has 0 aromatic rings. The highest BCUT2D eigenvalue weighted by Crippen LogP contribution is 2.20. The second-order valence-electron chi connectivity index (χ2n) is 4.46. The molecule has 0 aliphatic carbocycles. The van der Waals surface area contributed by atoms with Crippen LogP contribution in [-0.4, -0.2) is 32.1 Å². The fourth-order valence-electron chi connectivity index (χ4n) is 0.696. The predicted octanol–water partition coefficient (Wildman–Crippen LogP) is 1.70. The highest BCUT2D eigenvalue weighted by atomic mass is 15.1. The van der Waals surface area contributed by atoms with E-state index >= 15 is 0 Å². The summed E-state index contributed by atoms with van der Waals surface area (Å²) < 4.78 is 0. The van der Waals surface area contributed by atoms with Gasteiger partial charge in [0.2, 0.25) is 0 Å². The van der Waals surface area contributed by atoms with Crippen molar-refractivity contribution in [3.63, 3.8) is 0 Å². The second kappa shape index (κ2) is 4.51. The van der Waals surface area contributed by atoms with Crippen molar-refractivity contribution in [2.75, 3.05) is 27.2 Å². The summed E-state index contributed by atoms with van der Waals surface area (Å²) in [4.78, 5) is 2.16. The molecule has 0 atom stereocenters. The first kappa shape index (κ1) is 11.5. The van der Waals surface area contributed by atoms with Gasteiger partial charge in [-0.05, 0) is 14.1 Å². The molecule has 0 aromatic carbocycles. The van der Waals surface area contributed by atoms with E-state index in [0.29, 0.717) is 0 Å². The normalized spacial score (nSPS) is 11.8. The van der Waals surface area contributed by atoms with Crippen LogP contribution in [0.15, 0.2) is 12.3 Å². The SMILES string of the molecule is C=C(NCCN(C)C)C(C)(C)C. The van der Waals surface area contributed by atoms with Crippen LogP contribution in [0.2, 0.25) is 0 Å². The van der Waals surface area contributed by atoms with E-state index in [2.05, 4.69) is 51.7 Å². The molecule has 0 aliphatic rings. The molecule has 0 heterocycles. The number of allylic oxidation sites excluding steroid dienone is 1. The highest BCUT2D eigenvalue weighted by molar-refractivity contribution is 5.02. The third-order valence-electron chi connectivity index (χ3n) is 1.80. The van der Waals surface area contributed by atoms with Crippen LogP contribution in [0.25, 0.3) is 0 Å². The summed E-state index contributed by atoms with van der Waals surface area (Å²) >= 11 is 0. The Bertz CT molecular complexity index is 142. The van der Waals surface area contributed by atoms with Crippen molar-refractivity contribution in [2.24, 2.45) is 5.41 Å². The van der Waals surface area contributed by atoms with Gasteiger partial charge < -0.3 is 10.2 Å². The molecule has 1 N–H and O–H groups in total. The summed E-state index contributed by atoms with van der Waals surface area (Å²) in [5, 5.41) is 3.32. The van der Waals surface area contributed by atoms with Crippen molar-refractivity contribution in [1.82, 2.24) is 10.2 Å². The van der Waals surface area contributed by atoms with E-state index < -0.39 is 0 Å². The molecule has 72 valence electrons. The Hall–Kier alpha value is -0.500. The molecule has 0 spiro atoms. The van der Waals surface area contributed by atoms with E-state index in [-0.39, 0.29) is 5.41 Å². The minimum absolute atomic E-state index is 0.173. The van der Waals surface area contributed by atoms with Crippen molar-refractivity contribution < 1.29 is 0 Å². The number of hydrogen-bond donors (Lipinski definition) is 1. The van der Waals surface area contributed by atoms with Gasteiger partial charge in [-0.25, -0.2) is 0 Å². The summed E-state index contributed by atoms with van der Waals surface area (Å²) in [7, 11) is 4.14. The zero-order chi connectivity index (χ0) is 9.78. The fraction of sp³-hybridized carbons (Fsp3) is 0.800. The Kier molecular flexibility index (Phi) is 4.32. The summed E-state index contributed by atoms with van der Waals surface area (Å²) in [6.45, 7) is 12.5. The van der Waals surface area contributed by atoms with Crippen LogP contribution in [0.1, 0.15) is 20.8 Å². The Morgan fingerprint density at radius 2 is 1.83 bits per heavy atom. The number of nitrogens with one attached hydrogen (secondary N) is 1. The van der Waals surface area contributed by atoms with Gasteiger partial charge in [-0.15, -0.1) is 0 Å². The average molecular weight is 170 g/mol. The van der Waals surface area contributed by atoms with E-state index in [1.54, 1.807) is 0 Å². The van der Waals surface area contributed by atoms with Gasteiger partial charge in [0.1, 0.15) is 0 Å². The van der Waals surface area contributed by atoms with E-state index in [0.717, 1.165) is 18.8 Å². The third kappa shape index (κ3) is 5.19. The minimum Gasteiger partial charge on any atom is -0.387 e. The molecule has 2 heteroatoms. The molecule has 0 aromatic heterocycles. The smallest absolute Gasteiger partial charge is 0.0271 e. The maximum Gasteiger partial charge on any atom is 0.0271 e. The van der Waals surface area contributed by atoms with Gasteiger partial charge in [0.05, 0.1) is 0 Å². The van der Waals surface area contributed by atoms with Gasteiger partial charge >= 0.3 is 0 Å². The van der Waals surface area contributed by atoms with Gasteiger partial charge in [-0.1, -0.05) is 27.4 Å². The predicted molar refractivity (Wildman–Crippen MR) is 55.2 cm³/mol. The molecular weight excluding hydrogens is 148 g/mol. The molecular formula is C10H22N2. The van der Waals surface area contributed by atoms with Crippen molar-refractivity contribution in [1.29, 1.82) is 0 Å². The monoisotopic (exact) mass is 170 g/mol. The van der Waals surface area contributed by atoms with Gasteiger partial charge in [0.25, 0.3) is 0 Å². The Morgan fingerprint density at radius 1 is 1.33 bits per heavy atom. The Labute approximate surface area is 76.6 Å². The van der Waals surface area contributed by atoms with Crippen molar-refractivity contribution in [3.05, 3.63) is 12.3 Å². The van der Waals surface area contributed by atoms with Crippen LogP contribution in [0.5, 0.6) is 0 Å². The molecule has 2 nitrogen and oxygen atoms in total. The lowest BCUT2D eigenvalue weighted by Gasteiger charge is -2.23. The van der Waals surface area contributed by atoms with Gasteiger partial charge in [-0.3, -0.25) is 0 Å². The molecule has 0 aliphatic heterocycles. The van der Waals surface area contributed by atoms with Crippen molar-refractivity contribution in [2.45, 2.75) is 20.8 Å². The summed E-state index contributed by atoms with van der Waals surface area (Å²) in [5.74, 6) is 0. The quantitative estimate of drug-likeness (QED) is 0.691. The first-order valence-corrected chi connectivity index (χ1v) is 4.42. The molecule has 0 saturated heterocycles. The minimum atomic E-state index is 0.173. The lowest BCUT2D eigenvalue weighted by molar-refractivity contribution is 0.390. The van der Waals surface area contributed by atoms with Gasteiger partial charge in [0.15, 0.2) is 0 Å². The average Bonchev–Trinajstić information content (AvgIpc) is 1.84. The molecule has 12 heavy (non-hydrogen) atoms. The summed E-state index contributed by atoms with van der Waals surface area (Å²) in [6.07, 6.45) is 0. The van der Waals surface area contributed by atoms with Gasteiger partial charge in [0, 0.05) is 24.2 Å². The van der Waals surface area contributed by atoms with Crippen molar-refractivity contribution in [3.8, 4) is 0 Å². The van der Waals surface area contributed by atoms with Crippen LogP contribution >= 0.6 is 0 Å². The van der Waals surface area contributed by atoms with Crippen LogP contribution in [-0.2, 0) is 0 Å². The second-order valence-corrected chi connectivity index (χ2v) is 4.46. The molecule has 0 saturated carbocycles. The molecule has 0 bridgehead atoms. The highest BCUT2D eigenvalue weighted by Gasteiger charge is 2.13. The standard InChI is InChI=1S/C10H22N2/c1-9(10(2,3)4)11-7-8-12(5)6/h11H,1,7-8H2,2-6H3.